The first-order valence-electron chi connectivity index (χ1n) is 12.9. The average molecular weight is 523 g/mol. The minimum Gasteiger partial charge on any atom is -0.650 e. The molecule has 10 nitrogen and oxygen atoms in total. The molecule has 4 heterocycles. The molecule has 4 aliphatic rings. The summed E-state index contributed by atoms with van der Waals surface area (Å²) < 4.78 is 23.1. The third-order valence-corrected chi connectivity index (χ3v) is 8.18. The number of ether oxygens (including phenoxy) is 4. The summed E-state index contributed by atoms with van der Waals surface area (Å²) in [4.78, 5) is 26.6. The average Bonchev–Trinajstić information content (AvgIpc) is 3.34. The minimum atomic E-state index is -0.427. The highest BCUT2D eigenvalue weighted by molar-refractivity contribution is 5.75. The van der Waals surface area contributed by atoms with Crippen LogP contribution in [-0.2, 0) is 22.4 Å². The Bertz CT molecular complexity index is 1360. The molecule has 1 fully saturated rings. The van der Waals surface area contributed by atoms with Gasteiger partial charge in [0, 0.05) is 43.1 Å². The van der Waals surface area contributed by atoms with Crippen molar-refractivity contribution in [2.24, 2.45) is 0 Å². The monoisotopic (exact) mass is 522 g/mol. The van der Waals surface area contributed by atoms with Crippen LogP contribution in [0, 0.1) is 13.8 Å². The molecule has 2 bridgehead atoms. The van der Waals surface area contributed by atoms with Crippen LogP contribution in [0.3, 0.4) is 0 Å². The number of amides is 1. The molecule has 2 aromatic rings. The Labute approximate surface area is 221 Å². The fourth-order valence-corrected chi connectivity index (χ4v) is 6.80. The van der Waals surface area contributed by atoms with Gasteiger partial charge in [-0.2, -0.15) is 0 Å². The molecule has 0 spiro atoms. The minimum absolute atomic E-state index is 0.0286. The van der Waals surface area contributed by atoms with Crippen LogP contribution in [0.5, 0.6) is 28.7 Å². The summed E-state index contributed by atoms with van der Waals surface area (Å²) in [6.07, 6.45) is 1.22. The van der Waals surface area contributed by atoms with Crippen molar-refractivity contribution < 1.29 is 33.6 Å². The highest BCUT2D eigenvalue weighted by Gasteiger charge is 2.46. The first-order valence-corrected chi connectivity index (χ1v) is 12.9. The van der Waals surface area contributed by atoms with Gasteiger partial charge in [-0.1, -0.05) is 12.1 Å². The number of aryl methyl sites for hydroxylation is 1. The van der Waals surface area contributed by atoms with Gasteiger partial charge in [0.05, 0.1) is 13.2 Å². The number of piperazine rings is 1. The molecule has 1 saturated heterocycles. The fraction of sp³-hybridized carbons (Fsp3) is 0.500. The van der Waals surface area contributed by atoms with E-state index in [1.54, 1.807) is 7.11 Å². The lowest BCUT2D eigenvalue weighted by Gasteiger charge is -2.62. The second-order valence-electron chi connectivity index (χ2n) is 10.5. The highest BCUT2D eigenvalue weighted by atomic mass is 16.7. The summed E-state index contributed by atoms with van der Waals surface area (Å²) in [6, 6.07) is 1.38. The number of aromatic hydroxyl groups is 1. The number of phenols is 1. The lowest BCUT2D eigenvalue weighted by Crippen LogP contribution is -2.57. The largest absolute Gasteiger partial charge is 0.650 e. The summed E-state index contributed by atoms with van der Waals surface area (Å²) in [7, 11) is 1.56. The quantitative estimate of drug-likeness (QED) is 0.464. The van der Waals surface area contributed by atoms with Crippen LogP contribution in [0.25, 0.3) is 5.32 Å². The third kappa shape index (κ3) is 3.69. The van der Waals surface area contributed by atoms with Crippen LogP contribution < -0.4 is 24.3 Å². The van der Waals surface area contributed by atoms with Crippen molar-refractivity contribution in [1.82, 2.24) is 10.2 Å². The number of nitrogens with zero attached hydrogens (tertiary/aromatic N) is 2. The Morgan fingerprint density at radius 3 is 2.63 bits per heavy atom. The van der Waals surface area contributed by atoms with E-state index < -0.39 is 5.97 Å². The van der Waals surface area contributed by atoms with E-state index in [2.05, 4.69) is 16.3 Å². The van der Waals surface area contributed by atoms with Gasteiger partial charge >= 0.3 is 5.97 Å². The van der Waals surface area contributed by atoms with Gasteiger partial charge in [0.15, 0.2) is 23.0 Å². The molecule has 10 heteroatoms. The molecule has 6 rings (SSSR count). The smallest absolute Gasteiger partial charge is 0.308 e. The molecular formula is C28H32N3O7-. The molecule has 2 aromatic carbocycles. The molecule has 0 saturated carbocycles. The van der Waals surface area contributed by atoms with Gasteiger partial charge < -0.3 is 34.7 Å². The van der Waals surface area contributed by atoms with E-state index in [1.165, 1.54) is 13.8 Å². The van der Waals surface area contributed by atoms with Gasteiger partial charge in [-0.05, 0) is 49.9 Å². The Hall–Kier alpha value is -3.50. The Balaban J connectivity index is 1.55. The fourth-order valence-electron chi connectivity index (χ4n) is 6.80. The summed E-state index contributed by atoms with van der Waals surface area (Å²) in [6.45, 7) is 7.76. The normalized spacial score (nSPS) is 24.7. The van der Waals surface area contributed by atoms with Crippen LogP contribution >= 0.6 is 0 Å². The van der Waals surface area contributed by atoms with Crippen molar-refractivity contribution >= 4 is 11.9 Å². The second kappa shape index (κ2) is 9.06. The number of phenolic OH excluding ortho intramolecular Hbond substituents is 1. The molecule has 0 aromatic heterocycles. The van der Waals surface area contributed by atoms with Crippen LogP contribution in [0.4, 0.5) is 0 Å². The number of fused-ring (bicyclic) bond motifs is 9. The van der Waals surface area contributed by atoms with Crippen LogP contribution in [0.15, 0.2) is 6.07 Å². The predicted molar refractivity (Wildman–Crippen MR) is 137 cm³/mol. The first kappa shape index (κ1) is 24.8. The maximum absolute atomic E-state index is 12.2. The number of hydrogen-bond acceptors (Lipinski definition) is 8. The van der Waals surface area contributed by atoms with E-state index in [-0.39, 0.29) is 42.6 Å². The number of rotatable bonds is 4. The van der Waals surface area contributed by atoms with Gasteiger partial charge in [0.25, 0.3) is 0 Å². The van der Waals surface area contributed by atoms with Crippen molar-refractivity contribution in [2.45, 2.75) is 64.7 Å². The first-order chi connectivity index (χ1) is 18.2. The van der Waals surface area contributed by atoms with Crippen LogP contribution in [0.1, 0.15) is 59.3 Å². The van der Waals surface area contributed by atoms with Crippen LogP contribution in [-0.4, -0.2) is 61.0 Å². The molecule has 0 radical (unpaired) electrons. The van der Waals surface area contributed by atoms with Crippen molar-refractivity contribution in [1.29, 1.82) is 0 Å². The molecule has 4 aliphatic heterocycles. The van der Waals surface area contributed by atoms with E-state index in [1.807, 2.05) is 13.8 Å². The molecule has 1 unspecified atom stereocenters. The van der Waals surface area contributed by atoms with Crippen LogP contribution in [0.2, 0.25) is 0 Å². The maximum Gasteiger partial charge on any atom is 0.308 e. The van der Waals surface area contributed by atoms with Gasteiger partial charge in [-0.25, -0.2) is 0 Å². The van der Waals surface area contributed by atoms with Gasteiger partial charge in [-0.3, -0.25) is 14.5 Å². The number of benzene rings is 2. The molecule has 38 heavy (non-hydrogen) atoms. The number of carbonyl (C=O) groups is 2. The number of carbonyl (C=O) groups excluding carboxylic acids is 2. The van der Waals surface area contributed by atoms with Crippen molar-refractivity contribution in [3.8, 4) is 28.7 Å². The van der Waals surface area contributed by atoms with Gasteiger partial charge in [0.1, 0.15) is 5.75 Å². The van der Waals surface area contributed by atoms with E-state index in [4.69, 9.17) is 24.3 Å². The SMILES string of the molecule is COc1c(C)cc2c(c1O)[C@H]1[N-][C@@H](C2)CN2C1Cc1c(OC(C)=O)c(C)c3c(c1[C@@H]2CNC(C)=O)OCO3. The number of hydrogen-bond donors (Lipinski definition) is 2. The summed E-state index contributed by atoms with van der Waals surface area (Å²) in [5, 5.41) is 19.5. The van der Waals surface area contributed by atoms with Crippen molar-refractivity contribution in [2.75, 3.05) is 27.0 Å². The topological polar surface area (TPSA) is 121 Å². The predicted octanol–water partition coefficient (Wildman–Crippen LogP) is 3.13. The Kier molecular flexibility index (Phi) is 5.92. The number of methoxy groups -OCH3 is 1. The van der Waals surface area contributed by atoms with Crippen molar-refractivity contribution in [3.63, 3.8) is 0 Å². The summed E-state index contributed by atoms with van der Waals surface area (Å²) in [5.41, 5.74) is 5.17. The van der Waals surface area contributed by atoms with E-state index >= 15 is 0 Å². The molecular weight excluding hydrogens is 490 g/mol. The Morgan fingerprint density at radius 1 is 1.16 bits per heavy atom. The van der Waals surface area contributed by atoms with Crippen molar-refractivity contribution in [3.05, 3.63) is 44.8 Å². The highest BCUT2D eigenvalue weighted by Crippen LogP contribution is 2.58. The van der Waals surface area contributed by atoms with Gasteiger partial charge in [-0.15, -0.1) is 6.04 Å². The third-order valence-electron chi connectivity index (χ3n) is 8.18. The lowest BCUT2D eigenvalue weighted by atomic mass is 9.75. The number of nitrogens with one attached hydrogen (secondary N) is 1. The lowest BCUT2D eigenvalue weighted by molar-refractivity contribution is -0.132. The van der Waals surface area contributed by atoms with E-state index in [9.17, 15) is 14.7 Å². The number of esters is 1. The molecule has 2 N–H and O–H groups in total. The van der Waals surface area contributed by atoms with E-state index in [0.717, 1.165) is 27.8 Å². The second-order valence-corrected chi connectivity index (χ2v) is 10.5. The molecule has 202 valence electrons. The molecule has 4 atom stereocenters. The maximum atomic E-state index is 12.2. The standard InChI is InChI=1S/C28H32N3O7/c1-12-6-16-7-17-10-31-19(23(30-17)21(16)24(34)25(12)35-5)8-18-22(20(31)9-29-14(3)32)28-27(36-11-37-28)13(2)26(18)38-15(4)33/h6,17,19-20,23,34H,7-11H2,1-5H3,(H,29,32)/q-1/t17-,19?,20-,23-/m0/s1. The van der Waals surface area contributed by atoms with Gasteiger partial charge in [0.2, 0.25) is 12.7 Å². The molecule has 1 amide bonds. The van der Waals surface area contributed by atoms with E-state index in [0.29, 0.717) is 54.5 Å². The zero-order chi connectivity index (χ0) is 26.9. The summed E-state index contributed by atoms with van der Waals surface area (Å²) >= 11 is 0. The zero-order valence-corrected chi connectivity index (χ0v) is 22.2. The zero-order valence-electron chi connectivity index (χ0n) is 22.2. The summed E-state index contributed by atoms with van der Waals surface area (Å²) in [5.74, 6) is 1.69. The molecule has 0 aliphatic carbocycles. The Morgan fingerprint density at radius 2 is 1.92 bits per heavy atom.